The molecule has 0 radical (unpaired) electrons. The Balaban J connectivity index is 2.46. The number of rotatable bonds is 3. The summed E-state index contributed by atoms with van der Waals surface area (Å²) in [5.41, 5.74) is 2.56. The third kappa shape index (κ3) is 2.84. The standard InChI is InChI=1S/C11H21N3/c1-8-10(14-7-13-8)6-12-9(2)11(3,4)5/h7,9,12H,6H2,1-5H3,(H,13,14). The van der Waals surface area contributed by atoms with Crippen molar-refractivity contribution in [3.8, 4) is 0 Å². The first-order chi connectivity index (χ1) is 6.41. The van der Waals surface area contributed by atoms with Crippen molar-refractivity contribution in [1.29, 1.82) is 0 Å². The van der Waals surface area contributed by atoms with Crippen LogP contribution in [0.4, 0.5) is 0 Å². The Morgan fingerprint density at radius 3 is 2.57 bits per heavy atom. The van der Waals surface area contributed by atoms with Crippen LogP contribution in [0.2, 0.25) is 0 Å². The van der Waals surface area contributed by atoms with Crippen molar-refractivity contribution in [2.75, 3.05) is 0 Å². The average molecular weight is 195 g/mol. The molecular formula is C11H21N3. The highest BCUT2D eigenvalue weighted by atomic mass is 15.0. The minimum Gasteiger partial charge on any atom is -0.348 e. The summed E-state index contributed by atoms with van der Waals surface area (Å²) in [6, 6.07) is 0.485. The van der Waals surface area contributed by atoms with Gasteiger partial charge in [-0.15, -0.1) is 0 Å². The molecule has 0 amide bonds. The molecule has 0 aliphatic heterocycles. The largest absolute Gasteiger partial charge is 0.348 e. The number of aromatic amines is 1. The Bertz CT molecular complexity index is 283. The predicted molar refractivity (Wildman–Crippen MR) is 59.1 cm³/mol. The first-order valence-corrected chi connectivity index (χ1v) is 5.13. The fourth-order valence-corrected chi connectivity index (χ4v) is 1.12. The Kier molecular flexibility index (Phi) is 3.32. The number of aryl methyl sites for hydroxylation is 1. The molecule has 1 aromatic heterocycles. The van der Waals surface area contributed by atoms with E-state index in [0.29, 0.717) is 11.5 Å². The molecule has 1 rings (SSSR count). The van der Waals surface area contributed by atoms with Gasteiger partial charge in [-0.3, -0.25) is 0 Å². The lowest BCUT2D eigenvalue weighted by Gasteiger charge is -2.28. The van der Waals surface area contributed by atoms with E-state index >= 15 is 0 Å². The molecule has 0 fully saturated rings. The predicted octanol–water partition coefficient (Wildman–Crippen LogP) is 2.24. The Morgan fingerprint density at radius 1 is 1.50 bits per heavy atom. The summed E-state index contributed by atoms with van der Waals surface area (Å²) in [6.45, 7) is 11.8. The van der Waals surface area contributed by atoms with Crippen molar-refractivity contribution in [3.05, 3.63) is 17.7 Å². The molecule has 1 atom stereocenters. The molecule has 1 unspecified atom stereocenters. The fourth-order valence-electron chi connectivity index (χ4n) is 1.12. The highest BCUT2D eigenvalue weighted by Crippen LogP contribution is 2.18. The van der Waals surface area contributed by atoms with Gasteiger partial charge in [0.15, 0.2) is 0 Å². The van der Waals surface area contributed by atoms with Gasteiger partial charge in [-0.2, -0.15) is 0 Å². The Hall–Kier alpha value is -0.830. The average Bonchev–Trinajstić information content (AvgIpc) is 2.45. The molecule has 0 aliphatic rings. The Morgan fingerprint density at radius 2 is 2.14 bits per heavy atom. The maximum absolute atomic E-state index is 4.25. The number of nitrogens with one attached hydrogen (secondary N) is 2. The molecule has 1 aromatic rings. The zero-order valence-corrected chi connectivity index (χ0v) is 9.81. The number of aromatic nitrogens is 2. The van der Waals surface area contributed by atoms with Crippen molar-refractivity contribution in [2.24, 2.45) is 5.41 Å². The zero-order valence-electron chi connectivity index (χ0n) is 9.81. The van der Waals surface area contributed by atoms with E-state index in [1.54, 1.807) is 6.33 Å². The summed E-state index contributed by atoms with van der Waals surface area (Å²) in [7, 11) is 0. The van der Waals surface area contributed by atoms with Gasteiger partial charge in [0.2, 0.25) is 0 Å². The number of H-pyrrole nitrogens is 1. The van der Waals surface area contributed by atoms with Crippen LogP contribution in [-0.2, 0) is 6.54 Å². The Labute approximate surface area is 86.3 Å². The van der Waals surface area contributed by atoms with Crippen molar-refractivity contribution >= 4 is 0 Å². The van der Waals surface area contributed by atoms with Crippen LogP contribution in [0, 0.1) is 12.3 Å². The van der Waals surface area contributed by atoms with Gasteiger partial charge in [0.25, 0.3) is 0 Å². The highest BCUT2D eigenvalue weighted by Gasteiger charge is 2.19. The number of imidazole rings is 1. The second-order valence-electron chi connectivity index (χ2n) is 4.94. The monoisotopic (exact) mass is 195 g/mol. The molecule has 0 aromatic carbocycles. The first-order valence-electron chi connectivity index (χ1n) is 5.13. The minimum atomic E-state index is 0.296. The molecule has 0 spiro atoms. The lowest BCUT2D eigenvalue weighted by Crippen LogP contribution is -2.37. The van der Waals surface area contributed by atoms with Crippen LogP contribution in [0.1, 0.15) is 39.1 Å². The van der Waals surface area contributed by atoms with E-state index in [0.717, 1.165) is 17.9 Å². The van der Waals surface area contributed by atoms with Crippen LogP contribution >= 0.6 is 0 Å². The first kappa shape index (κ1) is 11.2. The van der Waals surface area contributed by atoms with Crippen LogP contribution in [0.3, 0.4) is 0 Å². The van der Waals surface area contributed by atoms with Gasteiger partial charge in [-0.25, -0.2) is 4.98 Å². The second kappa shape index (κ2) is 4.13. The molecule has 1 heterocycles. The second-order valence-corrected chi connectivity index (χ2v) is 4.94. The van der Waals surface area contributed by atoms with Crippen molar-refractivity contribution in [2.45, 2.75) is 47.2 Å². The SMILES string of the molecule is Cc1[nH]cnc1CNC(C)C(C)(C)C. The van der Waals surface area contributed by atoms with Gasteiger partial charge in [0.1, 0.15) is 0 Å². The molecular weight excluding hydrogens is 174 g/mol. The van der Waals surface area contributed by atoms with E-state index in [9.17, 15) is 0 Å². The van der Waals surface area contributed by atoms with Gasteiger partial charge in [0, 0.05) is 18.3 Å². The van der Waals surface area contributed by atoms with Crippen LogP contribution in [0.25, 0.3) is 0 Å². The fraction of sp³-hybridized carbons (Fsp3) is 0.727. The molecule has 2 N–H and O–H groups in total. The summed E-state index contributed by atoms with van der Waals surface area (Å²) >= 11 is 0. The number of hydrogen-bond acceptors (Lipinski definition) is 2. The summed E-state index contributed by atoms with van der Waals surface area (Å²) in [4.78, 5) is 7.33. The van der Waals surface area contributed by atoms with Crippen LogP contribution in [0.15, 0.2) is 6.33 Å². The molecule has 14 heavy (non-hydrogen) atoms. The summed E-state index contributed by atoms with van der Waals surface area (Å²) in [6.07, 6.45) is 1.74. The molecule has 0 bridgehead atoms. The maximum atomic E-state index is 4.25. The number of hydrogen-bond donors (Lipinski definition) is 2. The van der Waals surface area contributed by atoms with Crippen LogP contribution < -0.4 is 5.32 Å². The van der Waals surface area contributed by atoms with E-state index in [1.807, 2.05) is 6.92 Å². The van der Waals surface area contributed by atoms with Gasteiger partial charge in [0.05, 0.1) is 12.0 Å². The summed E-state index contributed by atoms with van der Waals surface area (Å²) in [5.74, 6) is 0. The lowest BCUT2D eigenvalue weighted by atomic mass is 9.88. The molecule has 3 nitrogen and oxygen atoms in total. The molecule has 80 valence electrons. The third-order valence-corrected chi connectivity index (χ3v) is 2.81. The van der Waals surface area contributed by atoms with Gasteiger partial charge >= 0.3 is 0 Å². The maximum Gasteiger partial charge on any atom is 0.0925 e. The molecule has 0 saturated carbocycles. The van der Waals surface area contributed by atoms with Gasteiger partial charge in [-0.05, 0) is 19.3 Å². The lowest BCUT2D eigenvalue weighted by molar-refractivity contribution is 0.284. The van der Waals surface area contributed by atoms with E-state index in [1.165, 1.54) is 0 Å². The van der Waals surface area contributed by atoms with Crippen molar-refractivity contribution < 1.29 is 0 Å². The molecule has 0 aliphatic carbocycles. The molecule has 3 heteroatoms. The van der Waals surface area contributed by atoms with Crippen LogP contribution in [0.5, 0.6) is 0 Å². The van der Waals surface area contributed by atoms with Crippen LogP contribution in [-0.4, -0.2) is 16.0 Å². The van der Waals surface area contributed by atoms with E-state index in [2.05, 4.69) is 43.0 Å². The van der Waals surface area contributed by atoms with Gasteiger partial charge < -0.3 is 10.3 Å². The summed E-state index contributed by atoms with van der Waals surface area (Å²) < 4.78 is 0. The highest BCUT2D eigenvalue weighted by molar-refractivity contribution is 5.08. The van der Waals surface area contributed by atoms with Crippen molar-refractivity contribution in [1.82, 2.24) is 15.3 Å². The zero-order chi connectivity index (χ0) is 10.8. The summed E-state index contributed by atoms with van der Waals surface area (Å²) in [5, 5.41) is 3.48. The van der Waals surface area contributed by atoms with Crippen molar-refractivity contribution in [3.63, 3.8) is 0 Å². The quantitative estimate of drug-likeness (QED) is 0.776. The van der Waals surface area contributed by atoms with E-state index < -0.39 is 0 Å². The van der Waals surface area contributed by atoms with E-state index in [4.69, 9.17) is 0 Å². The van der Waals surface area contributed by atoms with Gasteiger partial charge in [-0.1, -0.05) is 20.8 Å². The topological polar surface area (TPSA) is 40.7 Å². The normalized spacial score (nSPS) is 14.4. The smallest absolute Gasteiger partial charge is 0.0925 e. The third-order valence-electron chi connectivity index (χ3n) is 2.81. The number of nitrogens with zero attached hydrogens (tertiary/aromatic N) is 1. The minimum absolute atomic E-state index is 0.296. The molecule has 0 saturated heterocycles. The van der Waals surface area contributed by atoms with E-state index in [-0.39, 0.29) is 0 Å².